The number of anilines is 1. The maximum atomic E-state index is 12.9. The van der Waals surface area contributed by atoms with E-state index in [-0.39, 0.29) is 5.91 Å². The Kier molecular flexibility index (Phi) is 4.53. The highest BCUT2D eigenvalue weighted by Gasteiger charge is 2.24. The Morgan fingerprint density at radius 2 is 1.73 bits per heavy atom. The number of para-hydroxylation sites is 1. The van der Waals surface area contributed by atoms with Crippen LogP contribution < -0.4 is 4.90 Å². The van der Waals surface area contributed by atoms with Gasteiger partial charge in [-0.1, -0.05) is 29.8 Å². The molecule has 0 N–H and O–H groups in total. The number of carbonyl (C=O) groups excluding carboxylic acids is 1. The number of tetrazole rings is 1. The van der Waals surface area contributed by atoms with Crippen LogP contribution in [0.2, 0.25) is 5.02 Å². The lowest BCUT2D eigenvalue weighted by Crippen LogP contribution is -2.48. The van der Waals surface area contributed by atoms with Crippen LogP contribution in [0.1, 0.15) is 10.4 Å². The van der Waals surface area contributed by atoms with Crippen molar-refractivity contribution >= 4 is 23.2 Å². The Morgan fingerprint density at radius 3 is 2.42 bits per heavy atom. The number of benzene rings is 2. The molecule has 132 valence electrons. The summed E-state index contributed by atoms with van der Waals surface area (Å²) in [6, 6.07) is 15.4. The van der Waals surface area contributed by atoms with E-state index in [2.05, 4.69) is 32.6 Å². The summed E-state index contributed by atoms with van der Waals surface area (Å²) in [5.41, 5.74) is 2.34. The molecule has 1 aromatic heterocycles. The van der Waals surface area contributed by atoms with Gasteiger partial charge >= 0.3 is 0 Å². The molecule has 1 aliphatic heterocycles. The number of nitrogens with zero attached hydrogens (tertiary/aromatic N) is 6. The van der Waals surface area contributed by atoms with E-state index in [4.69, 9.17) is 11.6 Å². The molecule has 26 heavy (non-hydrogen) atoms. The third kappa shape index (κ3) is 3.25. The van der Waals surface area contributed by atoms with Crippen molar-refractivity contribution in [2.45, 2.75) is 0 Å². The predicted octanol–water partition coefficient (Wildman–Crippen LogP) is 2.28. The van der Waals surface area contributed by atoms with E-state index < -0.39 is 0 Å². The molecular weight excluding hydrogens is 352 g/mol. The first kappa shape index (κ1) is 16.5. The van der Waals surface area contributed by atoms with Gasteiger partial charge in [-0.05, 0) is 40.8 Å². The van der Waals surface area contributed by atoms with Gasteiger partial charge in [-0.25, -0.2) is 4.68 Å². The Morgan fingerprint density at radius 1 is 0.962 bits per heavy atom. The van der Waals surface area contributed by atoms with Crippen molar-refractivity contribution in [3.05, 3.63) is 65.4 Å². The van der Waals surface area contributed by atoms with Crippen LogP contribution >= 0.6 is 11.6 Å². The molecule has 8 heteroatoms. The molecule has 1 saturated heterocycles. The smallest absolute Gasteiger partial charge is 0.255 e. The second-order valence-corrected chi connectivity index (χ2v) is 6.44. The van der Waals surface area contributed by atoms with Crippen molar-refractivity contribution in [2.75, 3.05) is 31.1 Å². The number of rotatable bonds is 3. The van der Waals surface area contributed by atoms with Gasteiger partial charge in [0.05, 0.1) is 16.3 Å². The fourth-order valence-electron chi connectivity index (χ4n) is 3.08. The molecule has 7 nitrogen and oxygen atoms in total. The summed E-state index contributed by atoms with van der Waals surface area (Å²) in [6.07, 6.45) is 1.48. The highest BCUT2D eigenvalue weighted by molar-refractivity contribution is 6.33. The number of hydrogen-bond acceptors (Lipinski definition) is 5. The van der Waals surface area contributed by atoms with Crippen molar-refractivity contribution in [3.63, 3.8) is 0 Å². The SMILES string of the molecule is O=C(c1cc(-n2cnnn2)ccc1Cl)N1CCN(c2ccccc2)CC1. The van der Waals surface area contributed by atoms with Crippen LogP contribution in [0.3, 0.4) is 0 Å². The minimum Gasteiger partial charge on any atom is -0.368 e. The number of halogens is 1. The van der Waals surface area contributed by atoms with Crippen molar-refractivity contribution in [3.8, 4) is 5.69 Å². The molecule has 0 unspecified atom stereocenters. The first-order chi connectivity index (χ1) is 12.7. The maximum absolute atomic E-state index is 12.9. The molecule has 1 fully saturated rings. The molecule has 0 spiro atoms. The zero-order valence-electron chi connectivity index (χ0n) is 14.0. The van der Waals surface area contributed by atoms with Gasteiger partial charge in [-0.2, -0.15) is 0 Å². The average molecular weight is 369 g/mol. The standard InChI is InChI=1S/C18H17ClN6O/c19-17-7-6-15(25-13-20-21-22-25)12-16(17)18(26)24-10-8-23(9-11-24)14-4-2-1-3-5-14/h1-7,12-13H,8-11H2. The van der Waals surface area contributed by atoms with E-state index in [1.807, 2.05) is 23.1 Å². The fourth-order valence-corrected chi connectivity index (χ4v) is 3.27. The number of amides is 1. The Balaban J connectivity index is 1.49. The van der Waals surface area contributed by atoms with Crippen LogP contribution in [0.15, 0.2) is 54.9 Å². The number of aromatic nitrogens is 4. The predicted molar refractivity (Wildman–Crippen MR) is 98.7 cm³/mol. The second kappa shape index (κ2) is 7.13. The van der Waals surface area contributed by atoms with Gasteiger partial charge in [0, 0.05) is 31.9 Å². The number of piperazine rings is 1. The molecule has 0 radical (unpaired) electrons. The Labute approximate surface area is 155 Å². The molecule has 1 aliphatic rings. The summed E-state index contributed by atoms with van der Waals surface area (Å²) in [5, 5.41) is 11.5. The minimum atomic E-state index is -0.0716. The number of carbonyl (C=O) groups is 1. The third-order valence-electron chi connectivity index (χ3n) is 4.48. The highest BCUT2D eigenvalue weighted by Crippen LogP contribution is 2.23. The van der Waals surface area contributed by atoms with E-state index in [9.17, 15) is 4.79 Å². The van der Waals surface area contributed by atoms with Crippen molar-refractivity contribution in [2.24, 2.45) is 0 Å². The molecule has 2 heterocycles. The molecule has 0 bridgehead atoms. The van der Waals surface area contributed by atoms with Crippen LogP contribution in [-0.2, 0) is 0 Å². The van der Waals surface area contributed by atoms with Crippen LogP contribution in [0.5, 0.6) is 0 Å². The lowest BCUT2D eigenvalue weighted by atomic mass is 10.1. The van der Waals surface area contributed by atoms with Crippen molar-refractivity contribution < 1.29 is 4.79 Å². The van der Waals surface area contributed by atoms with Crippen molar-refractivity contribution in [1.82, 2.24) is 25.1 Å². The second-order valence-electron chi connectivity index (χ2n) is 6.03. The van der Waals surface area contributed by atoms with Crippen molar-refractivity contribution in [1.29, 1.82) is 0 Å². The maximum Gasteiger partial charge on any atom is 0.255 e. The van der Waals surface area contributed by atoms with E-state index >= 15 is 0 Å². The fraction of sp³-hybridized carbons (Fsp3) is 0.222. The van der Waals surface area contributed by atoms with Crippen LogP contribution in [0.4, 0.5) is 5.69 Å². The Hall–Kier alpha value is -2.93. The molecule has 0 saturated carbocycles. The lowest BCUT2D eigenvalue weighted by molar-refractivity contribution is 0.0747. The van der Waals surface area contributed by atoms with Gasteiger partial charge in [0.15, 0.2) is 0 Å². The zero-order chi connectivity index (χ0) is 17.9. The molecule has 3 aromatic rings. The highest BCUT2D eigenvalue weighted by atomic mass is 35.5. The normalized spacial score (nSPS) is 14.5. The summed E-state index contributed by atoms with van der Waals surface area (Å²) in [4.78, 5) is 17.1. The van der Waals surface area contributed by atoms with Gasteiger partial charge in [0.1, 0.15) is 6.33 Å². The van der Waals surface area contributed by atoms with Gasteiger partial charge in [0.25, 0.3) is 5.91 Å². The van der Waals surface area contributed by atoms with Gasteiger partial charge in [-0.15, -0.1) is 5.10 Å². The summed E-state index contributed by atoms with van der Waals surface area (Å²) < 4.78 is 1.50. The molecule has 0 aliphatic carbocycles. The summed E-state index contributed by atoms with van der Waals surface area (Å²) >= 11 is 6.28. The quantitative estimate of drug-likeness (QED) is 0.709. The van der Waals surface area contributed by atoms with E-state index in [0.717, 1.165) is 13.1 Å². The minimum absolute atomic E-state index is 0.0716. The molecule has 4 rings (SSSR count). The van der Waals surface area contributed by atoms with Crippen LogP contribution in [0.25, 0.3) is 5.69 Å². The van der Waals surface area contributed by atoms with Crippen LogP contribution in [-0.4, -0.2) is 57.2 Å². The molecule has 2 aromatic carbocycles. The van der Waals surface area contributed by atoms with E-state index in [1.54, 1.807) is 18.2 Å². The topological polar surface area (TPSA) is 67.2 Å². The van der Waals surface area contributed by atoms with Gasteiger partial charge in [0.2, 0.25) is 0 Å². The summed E-state index contributed by atoms with van der Waals surface area (Å²) in [6.45, 7) is 2.89. The number of hydrogen-bond donors (Lipinski definition) is 0. The first-order valence-electron chi connectivity index (χ1n) is 8.34. The molecule has 0 atom stereocenters. The van der Waals surface area contributed by atoms with E-state index in [1.165, 1.54) is 16.7 Å². The van der Waals surface area contributed by atoms with Gasteiger partial charge < -0.3 is 9.80 Å². The zero-order valence-corrected chi connectivity index (χ0v) is 14.8. The summed E-state index contributed by atoms with van der Waals surface area (Å²) in [7, 11) is 0. The molecule has 1 amide bonds. The average Bonchev–Trinajstić information content (AvgIpc) is 3.23. The third-order valence-corrected chi connectivity index (χ3v) is 4.81. The van der Waals surface area contributed by atoms with Gasteiger partial charge in [-0.3, -0.25) is 4.79 Å². The van der Waals surface area contributed by atoms with E-state index in [0.29, 0.717) is 29.4 Å². The van der Waals surface area contributed by atoms with Crippen LogP contribution in [0, 0.1) is 0 Å². The Bertz CT molecular complexity index is 891. The monoisotopic (exact) mass is 368 g/mol. The summed E-state index contributed by atoms with van der Waals surface area (Å²) in [5.74, 6) is -0.0716. The lowest BCUT2D eigenvalue weighted by Gasteiger charge is -2.36. The first-order valence-corrected chi connectivity index (χ1v) is 8.72. The molecular formula is C18H17ClN6O. The largest absolute Gasteiger partial charge is 0.368 e.